The predicted molar refractivity (Wildman–Crippen MR) is 26.0 cm³/mol. The van der Waals surface area contributed by atoms with Crippen LogP contribution in [0.1, 0.15) is 5.69 Å². The standard InChI is InChI=1S/C4H3F4N3/c1-11-2(4(6,7)8)3(5)9-10-11/h1H3. The van der Waals surface area contributed by atoms with Crippen LogP contribution in [0.3, 0.4) is 0 Å². The second kappa shape index (κ2) is 2.18. The number of halogens is 4. The molecule has 0 bridgehead atoms. The minimum Gasteiger partial charge on any atom is -0.241 e. The van der Waals surface area contributed by atoms with Gasteiger partial charge in [0.25, 0.3) is 5.95 Å². The second-order valence-electron chi connectivity index (χ2n) is 1.85. The largest absolute Gasteiger partial charge is 0.437 e. The van der Waals surface area contributed by atoms with Gasteiger partial charge in [-0.3, -0.25) is 0 Å². The fraction of sp³-hybridized carbons (Fsp3) is 0.500. The summed E-state index contributed by atoms with van der Waals surface area (Å²) in [5, 5.41) is 5.46. The van der Waals surface area contributed by atoms with Crippen LogP contribution in [0.5, 0.6) is 0 Å². The lowest BCUT2D eigenvalue weighted by atomic mass is 10.4. The van der Waals surface area contributed by atoms with Crippen molar-refractivity contribution in [1.82, 2.24) is 15.0 Å². The fourth-order valence-electron chi connectivity index (χ4n) is 0.632. The molecule has 0 atom stereocenters. The molecule has 1 rings (SSSR count). The molecule has 1 aromatic heterocycles. The summed E-state index contributed by atoms with van der Waals surface area (Å²) in [6.45, 7) is 0. The van der Waals surface area contributed by atoms with Crippen LogP contribution in [0.25, 0.3) is 0 Å². The minimum absolute atomic E-state index is 0.343. The smallest absolute Gasteiger partial charge is 0.241 e. The monoisotopic (exact) mass is 169 g/mol. The van der Waals surface area contributed by atoms with E-state index >= 15 is 0 Å². The molecule has 0 radical (unpaired) electrons. The van der Waals surface area contributed by atoms with Gasteiger partial charge in [0, 0.05) is 7.05 Å². The van der Waals surface area contributed by atoms with Gasteiger partial charge in [-0.1, -0.05) is 10.3 Å². The molecule has 0 aliphatic carbocycles. The van der Waals surface area contributed by atoms with Crippen LogP contribution in [0.4, 0.5) is 17.6 Å². The Hall–Kier alpha value is -1.14. The Morgan fingerprint density at radius 1 is 1.36 bits per heavy atom. The third-order valence-corrected chi connectivity index (χ3v) is 1.05. The molecule has 1 aromatic rings. The van der Waals surface area contributed by atoms with E-state index in [9.17, 15) is 17.6 Å². The summed E-state index contributed by atoms with van der Waals surface area (Å²) in [4.78, 5) is 0. The van der Waals surface area contributed by atoms with Gasteiger partial charge in [-0.05, 0) is 0 Å². The summed E-state index contributed by atoms with van der Waals surface area (Å²) in [6.07, 6.45) is -4.73. The molecule has 11 heavy (non-hydrogen) atoms. The van der Waals surface area contributed by atoms with Crippen molar-refractivity contribution in [3.63, 3.8) is 0 Å². The maximum absolute atomic E-state index is 12.2. The van der Waals surface area contributed by atoms with Crippen molar-refractivity contribution in [2.24, 2.45) is 7.05 Å². The van der Waals surface area contributed by atoms with Gasteiger partial charge in [-0.25, -0.2) is 4.68 Å². The Morgan fingerprint density at radius 2 is 1.91 bits per heavy atom. The fourth-order valence-corrected chi connectivity index (χ4v) is 0.632. The van der Waals surface area contributed by atoms with Gasteiger partial charge in [0.15, 0.2) is 5.69 Å². The minimum atomic E-state index is -4.73. The highest BCUT2D eigenvalue weighted by Crippen LogP contribution is 2.29. The average Bonchev–Trinajstić information content (AvgIpc) is 2.08. The zero-order valence-corrected chi connectivity index (χ0v) is 5.35. The normalized spacial score (nSPS) is 12.1. The van der Waals surface area contributed by atoms with E-state index in [2.05, 4.69) is 10.3 Å². The van der Waals surface area contributed by atoms with Crippen molar-refractivity contribution < 1.29 is 17.6 Å². The zero-order valence-electron chi connectivity index (χ0n) is 5.35. The highest BCUT2D eigenvalue weighted by atomic mass is 19.4. The van der Waals surface area contributed by atoms with E-state index in [4.69, 9.17) is 0 Å². The van der Waals surface area contributed by atoms with E-state index < -0.39 is 17.8 Å². The van der Waals surface area contributed by atoms with Gasteiger partial charge in [0.2, 0.25) is 0 Å². The predicted octanol–water partition coefficient (Wildman–Crippen LogP) is 0.973. The summed E-state index contributed by atoms with van der Waals surface area (Å²) in [5.74, 6) is -1.60. The van der Waals surface area contributed by atoms with Crippen molar-refractivity contribution in [2.75, 3.05) is 0 Å². The summed E-state index contributed by atoms with van der Waals surface area (Å²) in [5.41, 5.74) is -1.46. The first-order chi connectivity index (χ1) is 4.93. The van der Waals surface area contributed by atoms with E-state index in [0.29, 0.717) is 4.68 Å². The maximum Gasteiger partial charge on any atom is 0.437 e. The highest BCUT2D eigenvalue weighted by Gasteiger charge is 2.39. The molecule has 62 valence electrons. The van der Waals surface area contributed by atoms with Crippen LogP contribution < -0.4 is 0 Å². The topological polar surface area (TPSA) is 30.7 Å². The van der Waals surface area contributed by atoms with E-state index in [-0.39, 0.29) is 0 Å². The summed E-state index contributed by atoms with van der Waals surface area (Å²) in [6, 6.07) is 0. The van der Waals surface area contributed by atoms with Crippen molar-refractivity contribution in [3.05, 3.63) is 11.6 Å². The van der Waals surface area contributed by atoms with Crippen molar-refractivity contribution in [3.8, 4) is 0 Å². The quantitative estimate of drug-likeness (QED) is 0.542. The lowest BCUT2D eigenvalue weighted by molar-refractivity contribution is -0.146. The zero-order chi connectivity index (χ0) is 8.65. The molecule has 7 heteroatoms. The van der Waals surface area contributed by atoms with E-state index in [1.54, 1.807) is 0 Å². The molecule has 0 amide bonds. The van der Waals surface area contributed by atoms with Gasteiger partial charge in [-0.2, -0.15) is 17.6 Å². The Bertz CT molecular complexity index is 243. The SMILES string of the molecule is Cn1nnc(F)c1C(F)(F)F. The molecule has 0 unspecified atom stereocenters. The van der Waals surface area contributed by atoms with Gasteiger partial charge in [0.05, 0.1) is 0 Å². The van der Waals surface area contributed by atoms with Crippen LogP contribution in [-0.4, -0.2) is 15.0 Å². The van der Waals surface area contributed by atoms with Crippen LogP contribution in [0.15, 0.2) is 0 Å². The molecular formula is C4H3F4N3. The molecule has 0 aromatic carbocycles. The Balaban J connectivity index is 3.21. The summed E-state index contributed by atoms with van der Waals surface area (Å²) in [7, 11) is 0.971. The number of hydrogen-bond acceptors (Lipinski definition) is 2. The molecule has 0 N–H and O–H groups in total. The van der Waals surface area contributed by atoms with Crippen molar-refractivity contribution in [2.45, 2.75) is 6.18 Å². The molecule has 0 aliphatic rings. The van der Waals surface area contributed by atoms with Crippen molar-refractivity contribution in [1.29, 1.82) is 0 Å². The van der Waals surface area contributed by atoms with E-state index in [1.165, 1.54) is 0 Å². The summed E-state index contributed by atoms with van der Waals surface area (Å²) >= 11 is 0. The van der Waals surface area contributed by atoms with Gasteiger partial charge in [0.1, 0.15) is 0 Å². The first-order valence-corrected chi connectivity index (χ1v) is 2.55. The van der Waals surface area contributed by atoms with Gasteiger partial charge >= 0.3 is 6.18 Å². The van der Waals surface area contributed by atoms with Gasteiger partial charge in [-0.15, -0.1) is 0 Å². The molecular weight excluding hydrogens is 166 g/mol. The molecule has 0 aliphatic heterocycles. The Labute approximate surface area is 58.6 Å². The third-order valence-electron chi connectivity index (χ3n) is 1.05. The number of rotatable bonds is 0. The molecule has 0 saturated carbocycles. The number of nitrogens with zero attached hydrogens (tertiary/aromatic N) is 3. The molecule has 0 saturated heterocycles. The average molecular weight is 169 g/mol. The first-order valence-electron chi connectivity index (χ1n) is 2.55. The number of aromatic nitrogens is 3. The number of aryl methyl sites for hydroxylation is 1. The van der Waals surface area contributed by atoms with Crippen LogP contribution in [0.2, 0.25) is 0 Å². The Morgan fingerprint density at radius 3 is 2.09 bits per heavy atom. The van der Waals surface area contributed by atoms with E-state index in [1.807, 2.05) is 0 Å². The molecule has 0 spiro atoms. The van der Waals surface area contributed by atoms with Crippen LogP contribution >= 0.6 is 0 Å². The first kappa shape index (κ1) is 7.96. The highest BCUT2D eigenvalue weighted by molar-refractivity contribution is 5.01. The lowest BCUT2D eigenvalue weighted by Crippen LogP contribution is -2.13. The second-order valence-corrected chi connectivity index (χ2v) is 1.85. The Kier molecular flexibility index (Phi) is 1.57. The maximum atomic E-state index is 12.2. The molecule has 1 heterocycles. The lowest BCUT2D eigenvalue weighted by Gasteiger charge is -2.03. The third kappa shape index (κ3) is 1.31. The molecule has 0 fully saturated rings. The number of hydrogen-bond donors (Lipinski definition) is 0. The number of alkyl halides is 3. The van der Waals surface area contributed by atoms with Crippen LogP contribution in [-0.2, 0) is 13.2 Å². The van der Waals surface area contributed by atoms with Crippen molar-refractivity contribution >= 4 is 0 Å². The molecule has 3 nitrogen and oxygen atoms in total. The van der Waals surface area contributed by atoms with Crippen LogP contribution in [0, 0.1) is 5.95 Å². The van der Waals surface area contributed by atoms with Gasteiger partial charge < -0.3 is 0 Å². The summed E-state index contributed by atoms with van der Waals surface area (Å²) < 4.78 is 47.9. The van der Waals surface area contributed by atoms with E-state index in [0.717, 1.165) is 7.05 Å².